The maximum atomic E-state index is 13.6. The number of aromatic nitrogens is 1. The van der Waals surface area contributed by atoms with Gasteiger partial charge in [-0.1, -0.05) is 22.0 Å². The average Bonchev–Trinajstić information content (AvgIpc) is 2.27. The van der Waals surface area contributed by atoms with Crippen molar-refractivity contribution in [3.8, 4) is 0 Å². The maximum absolute atomic E-state index is 13.6. The van der Waals surface area contributed by atoms with E-state index in [2.05, 4.69) is 26.2 Å². The smallest absolute Gasteiger partial charge is 0.262 e. The first-order chi connectivity index (χ1) is 8.97. The molecule has 0 saturated heterocycles. The molecule has 98 valence electrons. The minimum absolute atomic E-state index is 0.229. The highest BCUT2D eigenvalue weighted by atomic mass is 79.9. The molecule has 1 heterocycles. The van der Waals surface area contributed by atoms with Crippen molar-refractivity contribution >= 4 is 27.7 Å². The molecule has 1 amide bonds. The molecule has 0 saturated carbocycles. The molecule has 0 aliphatic heterocycles. The zero-order valence-electron chi connectivity index (χ0n) is 9.88. The fraction of sp³-hybridized carbons (Fsp3) is 0.0769. The zero-order chi connectivity index (χ0) is 14.0. The van der Waals surface area contributed by atoms with Gasteiger partial charge in [-0.25, -0.2) is 13.8 Å². The first-order valence-electron chi connectivity index (χ1n) is 5.37. The Kier molecular flexibility index (Phi) is 3.90. The summed E-state index contributed by atoms with van der Waals surface area (Å²) in [6.07, 6.45) is 0. The van der Waals surface area contributed by atoms with Crippen LogP contribution in [0.3, 0.4) is 0 Å². The molecule has 1 aromatic carbocycles. The summed E-state index contributed by atoms with van der Waals surface area (Å²) >= 11 is 2.95. The van der Waals surface area contributed by atoms with Crippen molar-refractivity contribution in [1.82, 2.24) is 4.98 Å². The van der Waals surface area contributed by atoms with Gasteiger partial charge in [0, 0.05) is 10.2 Å². The Morgan fingerprint density at radius 3 is 2.47 bits per heavy atom. The fourth-order valence-corrected chi connectivity index (χ4v) is 1.95. The van der Waals surface area contributed by atoms with Gasteiger partial charge in [-0.15, -0.1) is 0 Å². The molecule has 2 aromatic rings. The van der Waals surface area contributed by atoms with Crippen LogP contribution in [0.5, 0.6) is 0 Å². The molecular weight excluding hydrogens is 318 g/mol. The highest BCUT2D eigenvalue weighted by molar-refractivity contribution is 9.10. The van der Waals surface area contributed by atoms with Gasteiger partial charge in [-0.2, -0.15) is 0 Å². The van der Waals surface area contributed by atoms with Crippen LogP contribution in [-0.2, 0) is 0 Å². The minimum atomic E-state index is -0.933. The average molecular weight is 327 g/mol. The molecule has 0 aliphatic rings. The lowest BCUT2D eigenvalue weighted by molar-refractivity contribution is 0.101. The van der Waals surface area contributed by atoms with E-state index >= 15 is 0 Å². The highest BCUT2D eigenvalue weighted by Gasteiger charge is 2.18. The molecule has 1 N–H and O–H groups in total. The van der Waals surface area contributed by atoms with Crippen molar-refractivity contribution in [2.45, 2.75) is 6.92 Å². The van der Waals surface area contributed by atoms with Gasteiger partial charge in [0.05, 0.1) is 0 Å². The topological polar surface area (TPSA) is 42.0 Å². The lowest BCUT2D eigenvalue weighted by Crippen LogP contribution is -2.16. The maximum Gasteiger partial charge on any atom is 0.262 e. The summed E-state index contributed by atoms with van der Waals surface area (Å²) in [4.78, 5) is 15.9. The SMILES string of the molecule is Cc1cccc(NC(=O)c2c(F)cc(Br)cc2F)n1. The number of aryl methyl sites for hydroxylation is 1. The summed E-state index contributed by atoms with van der Waals surface area (Å²) in [6.45, 7) is 1.75. The van der Waals surface area contributed by atoms with E-state index in [0.29, 0.717) is 5.69 Å². The minimum Gasteiger partial charge on any atom is -0.306 e. The fourth-order valence-electron chi connectivity index (χ4n) is 1.55. The summed E-state index contributed by atoms with van der Waals surface area (Å²) in [6, 6.07) is 7.03. The van der Waals surface area contributed by atoms with E-state index in [1.807, 2.05) is 0 Å². The third kappa shape index (κ3) is 3.14. The largest absolute Gasteiger partial charge is 0.306 e. The van der Waals surface area contributed by atoms with Crippen molar-refractivity contribution in [2.24, 2.45) is 0 Å². The van der Waals surface area contributed by atoms with Gasteiger partial charge in [0.1, 0.15) is 23.0 Å². The Morgan fingerprint density at radius 2 is 1.89 bits per heavy atom. The van der Waals surface area contributed by atoms with Gasteiger partial charge in [0.25, 0.3) is 5.91 Å². The van der Waals surface area contributed by atoms with Crippen molar-refractivity contribution in [2.75, 3.05) is 5.32 Å². The van der Waals surface area contributed by atoms with Crippen LogP contribution in [0.15, 0.2) is 34.8 Å². The molecule has 0 spiro atoms. The molecule has 0 aliphatic carbocycles. The number of hydrogen-bond donors (Lipinski definition) is 1. The van der Waals surface area contributed by atoms with E-state index in [1.165, 1.54) is 0 Å². The summed E-state index contributed by atoms with van der Waals surface area (Å²) in [5, 5.41) is 2.35. The van der Waals surface area contributed by atoms with Gasteiger partial charge >= 0.3 is 0 Å². The molecule has 6 heteroatoms. The quantitative estimate of drug-likeness (QED) is 0.914. The monoisotopic (exact) mass is 326 g/mol. The zero-order valence-corrected chi connectivity index (χ0v) is 11.5. The number of pyridine rings is 1. The van der Waals surface area contributed by atoms with E-state index in [-0.39, 0.29) is 10.3 Å². The van der Waals surface area contributed by atoms with Crippen LogP contribution in [0.1, 0.15) is 16.1 Å². The molecule has 2 rings (SSSR count). The lowest BCUT2D eigenvalue weighted by Gasteiger charge is -2.07. The molecule has 3 nitrogen and oxygen atoms in total. The first-order valence-corrected chi connectivity index (χ1v) is 6.16. The number of nitrogens with zero attached hydrogens (tertiary/aromatic N) is 1. The number of carbonyl (C=O) groups excluding carboxylic acids is 1. The van der Waals surface area contributed by atoms with Gasteiger partial charge < -0.3 is 5.32 Å². The third-order valence-corrected chi connectivity index (χ3v) is 2.82. The van der Waals surface area contributed by atoms with Gasteiger partial charge in [-0.3, -0.25) is 4.79 Å². The van der Waals surface area contributed by atoms with E-state index in [1.54, 1.807) is 25.1 Å². The molecule has 19 heavy (non-hydrogen) atoms. The van der Waals surface area contributed by atoms with Crippen LogP contribution in [0.2, 0.25) is 0 Å². The first kappa shape index (κ1) is 13.6. The number of anilines is 1. The Hall–Kier alpha value is -1.82. The van der Waals surface area contributed by atoms with Crippen molar-refractivity contribution in [1.29, 1.82) is 0 Å². The van der Waals surface area contributed by atoms with E-state index in [0.717, 1.165) is 12.1 Å². The van der Waals surface area contributed by atoms with E-state index in [9.17, 15) is 13.6 Å². The van der Waals surface area contributed by atoms with Crippen LogP contribution in [-0.4, -0.2) is 10.9 Å². The molecule has 0 atom stereocenters. The Morgan fingerprint density at radius 1 is 1.26 bits per heavy atom. The Bertz CT molecular complexity index is 623. The normalized spacial score (nSPS) is 10.3. The van der Waals surface area contributed by atoms with Crippen LogP contribution < -0.4 is 5.32 Å². The van der Waals surface area contributed by atoms with Crippen LogP contribution >= 0.6 is 15.9 Å². The summed E-state index contributed by atoms with van der Waals surface area (Å²) in [5.41, 5.74) is 0.0565. The second-order valence-electron chi connectivity index (χ2n) is 3.86. The standard InChI is InChI=1S/C13H9BrF2N2O/c1-7-3-2-4-11(17-7)18-13(19)12-9(15)5-8(14)6-10(12)16/h2-6H,1H3,(H,17,18,19). The lowest BCUT2D eigenvalue weighted by atomic mass is 10.2. The second-order valence-corrected chi connectivity index (χ2v) is 4.78. The number of halogens is 3. The molecule has 0 bridgehead atoms. The number of benzene rings is 1. The third-order valence-electron chi connectivity index (χ3n) is 2.36. The van der Waals surface area contributed by atoms with Crippen molar-refractivity contribution in [3.63, 3.8) is 0 Å². The Balaban J connectivity index is 2.31. The summed E-state index contributed by atoms with van der Waals surface area (Å²) in [7, 11) is 0. The van der Waals surface area contributed by atoms with Gasteiger partial charge in [0.2, 0.25) is 0 Å². The van der Waals surface area contributed by atoms with Crippen molar-refractivity contribution in [3.05, 3.63) is 57.7 Å². The predicted octanol–water partition coefficient (Wildman–Crippen LogP) is 3.68. The summed E-state index contributed by atoms with van der Waals surface area (Å²) < 4.78 is 27.4. The molecular formula is C13H9BrF2N2O. The molecule has 0 fully saturated rings. The van der Waals surface area contributed by atoms with Crippen LogP contribution in [0, 0.1) is 18.6 Å². The Labute approximate surface area is 116 Å². The second kappa shape index (κ2) is 5.44. The van der Waals surface area contributed by atoms with Crippen LogP contribution in [0.25, 0.3) is 0 Å². The molecule has 0 unspecified atom stereocenters. The summed E-state index contributed by atoms with van der Waals surface area (Å²) in [5.74, 6) is -2.50. The number of nitrogens with one attached hydrogen (secondary N) is 1. The van der Waals surface area contributed by atoms with Crippen molar-refractivity contribution < 1.29 is 13.6 Å². The number of carbonyl (C=O) groups is 1. The highest BCUT2D eigenvalue weighted by Crippen LogP contribution is 2.20. The molecule has 1 aromatic heterocycles. The van der Waals surface area contributed by atoms with E-state index in [4.69, 9.17) is 0 Å². The van der Waals surface area contributed by atoms with Gasteiger partial charge in [0.15, 0.2) is 0 Å². The number of amides is 1. The molecule has 0 radical (unpaired) electrons. The number of hydrogen-bond acceptors (Lipinski definition) is 2. The van der Waals surface area contributed by atoms with Gasteiger partial charge in [-0.05, 0) is 31.2 Å². The van der Waals surface area contributed by atoms with E-state index < -0.39 is 23.1 Å². The number of rotatable bonds is 2. The predicted molar refractivity (Wildman–Crippen MR) is 71.0 cm³/mol. The van der Waals surface area contributed by atoms with Crippen LogP contribution in [0.4, 0.5) is 14.6 Å².